The molecule has 21 heavy (non-hydrogen) atoms. The van der Waals surface area contributed by atoms with Gasteiger partial charge in [0.15, 0.2) is 11.5 Å². The van der Waals surface area contributed by atoms with Crippen LogP contribution < -0.4 is 0 Å². The first kappa shape index (κ1) is 14.7. The molecule has 2 aromatic rings. The SMILES string of the molecule is C=CCN=C(c1ccccc1)n1nc(C(=O)OC)cc1C. The monoisotopic (exact) mass is 283 g/mol. The van der Waals surface area contributed by atoms with Gasteiger partial charge in [-0.1, -0.05) is 36.4 Å². The first-order valence-corrected chi connectivity index (χ1v) is 6.53. The van der Waals surface area contributed by atoms with E-state index in [-0.39, 0.29) is 5.69 Å². The van der Waals surface area contributed by atoms with E-state index in [1.807, 2.05) is 37.3 Å². The van der Waals surface area contributed by atoms with Crippen LogP contribution in [0, 0.1) is 6.92 Å². The molecule has 0 fully saturated rings. The quantitative estimate of drug-likeness (QED) is 0.375. The maximum atomic E-state index is 11.6. The first-order chi connectivity index (χ1) is 10.2. The molecule has 0 aliphatic rings. The molecule has 1 heterocycles. The van der Waals surface area contributed by atoms with Gasteiger partial charge in [0.1, 0.15) is 0 Å². The van der Waals surface area contributed by atoms with Crippen molar-refractivity contribution < 1.29 is 9.53 Å². The number of aryl methyl sites for hydroxylation is 1. The molecule has 2 rings (SSSR count). The van der Waals surface area contributed by atoms with Crippen molar-refractivity contribution in [2.45, 2.75) is 6.92 Å². The fourth-order valence-electron chi connectivity index (χ4n) is 1.91. The molecule has 0 radical (unpaired) electrons. The fourth-order valence-corrected chi connectivity index (χ4v) is 1.91. The lowest BCUT2D eigenvalue weighted by Crippen LogP contribution is -2.18. The van der Waals surface area contributed by atoms with E-state index in [1.165, 1.54) is 7.11 Å². The molecule has 0 bridgehead atoms. The van der Waals surface area contributed by atoms with Crippen molar-refractivity contribution in [3.8, 4) is 0 Å². The zero-order chi connectivity index (χ0) is 15.2. The second-order valence-corrected chi connectivity index (χ2v) is 4.39. The van der Waals surface area contributed by atoms with Gasteiger partial charge in [-0.05, 0) is 13.0 Å². The molecule has 1 aromatic heterocycles. The number of nitrogens with zero attached hydrogens (tertiary/aromatic N) is 3. The predicted octanol–water partition coefficient (Wildman–Crippen LogP) is 2.46. The molecule has 0 spiro atoms. The van der Waals surface area contributed by atoms with Crippen LogP contribution in [0.5, 0.6) is 0 Å². The van der Waals surface area contributed by atoms with Crippen molar-refractivity contribution in [2.75, 3.05) is 13.7 Å². The van der Waals surface area contributed by atoms with E-state index in [1.54, 1.807) is 16.8 Å². The van der Waals surface area contributed by atoms with E-state index < -0.39 is 5.97 Å². The summed E-state index contributed by atoms with van der Waals surface area (Å²) in [5, 5.41) is 4.29. The number of esters is 1. The maximum Gasteiger partial charge on any atom is 0.358 e. The van der Waals surface area contributed by atoms with Gasteiger partial charge in [-0.25, -0.2) is 9.48 Å². The minimum absolute atomic E-state index is 0.261. The molecule has 0 aliphatic heterocycles. The Kier molecular flexibility index (Phi) is 4.66. The summed E-state index contributed by atoms with van der Waals surface area (Å²) in [6.07, 6.45) is 1.71. The number of aliphatic imine (C=N–C) groups is 1. The van der Waals surface area contributed by atoms with E-state index in [0.29, 0.717) is 12.4 Å². The number of aromatic nitrogens is 2. The molecule has 1 aromatic carbocycles. The van der Waals surface area contributed by atoms with Crippen LogP contribution in [-0.2, 0) is 4.74 Å². The highest BCUT2D eigenvalue weighted by Crippen LogP contribution is 2.10. The van der Waals surface area contributed by atoms with Crippen molar-refractivity contribution in [3.63, 3.8) is 0 Å². The maximum absolute atomic E-state index is 11.6. The van der Waals surface area contributed by atoms with Gasteiger partial charge in [-0.3, -0.25) is 4.99 Å². The second-order valence-electron chi connectivity index (χ2n) is 4.39. The van der Waals surface area contributed by atoms with E-state index in [4.69, 9.17) is 4.74 Å². The largest absolute Gasteiger partial charge is 0.464 e. The lowest BCUT2D eigenvalue weighted by molar-refractivity contribution is 0.0593. The molecule has 0 saturated heterocycles. The van der Waals surface area contributed by atoms with Gasteiger partial charge in [-0.15, -0.1) is 6.58 Å². The van der Waals surface area contributed by atoms with Crippen molar-refractivity contribution in [3.05, 3.63) is 66.0 Å². The number of rotatable bonds is 4. The highest BCUT2D eigenvalue weighted by Gasteiger charge is 2.16. The fraction of sp³-hybridized carbons (Fsp3) is 0.188. The van der Waals surface area contributed by atoms with Gasteiger partial charge < -0.3 is 4.74 Å². The van der Waals surface area contributed by atoms with Crippen LogP contribution in [0.15, 0.2) is 54.0 Å². The minimum Gasteiger partial charge on any atom is -0.464 e. The van der Waals surface area contributed by atoms with E-state index in [2.05, 4.69) is 16.7 Å². The predicted molar refractivity (Wildman–Crippen MR) is 81.7 cm³/mol. The average molecular weight is 283 g/mol. The van der Waals surface area contributed by atoms with Crippen molar-refractivity contribution >= 4 is 11.8 Å². The van der Waals surface area contributed by atoms with Gasteiger partial charge in [0.05, 0.1) is 13.7 Å². The molecule has 108 valence electrons. The first-order valence-electron chi connectivity index (χ1n) is 6.53. The van der Waals surface area contributed by atoms with Crippen molar-refractivity contribution in [2.24, 2.45) is 4.99 Å². The summed E-state index contributed by atoms with van der Waals surface area (Å²) in [6, 6.07) is 11.4. The molecule has 0 saturated carbocycles. The molecule has 5 nitrogen and oxygen atoms in total. The van der Waals surface area contributed by atoms with Crippen LogP contribution in [0.25, 0.3) is 0 Å². The van der Waals surface area contributed by atoms with Crippen LogP contribution in [0.3, 0.4) is 0 Å². The Bertz CT molecular complexity index is 672. The number of benzene rings is 1. The normalized spacial score (nSPS) is 11.2. The highest BCUT2D eigenvalue weighted by molar-refractivity contribution is 6.01. The number of ether oxygens (including phenoxy) is 1. The van der Waals surface area contributed by atoms with E-state index in [0.717, 1.165) is 11.3 Å². The summed E-state index contributed by atoms with van der Waals surface area (Å²) in [7, 11) is 1.33. The highest BCUT2D eigenvalue weighted by atomic mass is 16.5. The Labute approximate surface area is 123 Å². The second kappa shape index (κ2) is 6.65. The summed E-state index contributed by atoms with van der Waals surface area (Å²) in [5.41, 5.74) is 1.99. The van der Waals surface area contributed by atoms with Gasteiger partial charge in [0.2, 0.25) is 0 Å². The minimum atomic E-state index is -0.465. The molecule has 0 amide bonds. The van der Waals surface area contributed by atoms with Crippen molar-refractivity contribution in [1.29, 1.82) is 0 Å². The average Bonchev–Trinajstić information content (AvgIpc) is 2.90. The van der Waals surface area contributed by atoms with Crippen LogP contribution in [-0.4, -0.2) is 35.2 Å². The topological polar surface area (TPSA) is 56.5 Å². The van der Waals surface area contributed by atoms with Crippen LogP contribution in [0.4, 0.5) is 0 Å². The Morgan fingerprint density at radius 3 is 2.76 bits per heavy atom. The van der Waals surface area contributed by atoms with Gasteiger partial charge >= 0.3 is 5.97 Å². The summed E-state index contributed by atoms with van der Waals surface area (Å²) in [6.45, 7) is 6.01. The smallest absolute Gasteiger partial charge is 0.358 e. The third-order valence-electron chi connectivity index (χ3n) is 2.88. The molecule has 0 unspecified atom stereocenters. The summed E-state index contributed by atoms with van der Waals surface area (Å²) < 4.78 is 6.34. The summed E-state index contributed by atoms with van der Waals surface area (Å²) in [4.78, 5) is 16.1. The van der Waals surface area contributed by atoms with Crippen LogP contribution in [0.2, 0.25) is 0 Å². The Hall–Kier alpha value is -2.69. The number of hydrogen-bond donors (Lipinski definition) is 0. The third-order valence-corrected chi connectivity index (χ3v) is 2.88. The van der Waals surface area contributed by atoms with Crippen LogP contribution >= 0.6 is 0 Å². The zero-order valence-electron chi connectivity index (χ0n) is 12.1. The lowest BCUT2D eigenvalue weighted by atomic mass is 10.2. The summed E-state index contributed by atoms with van der Waals surface area (Å²) in [5.74, 6) is 0.205. The molecule has 0 aliphatic carbocycles. The molecule has 0 N–H and O–H groups in total. The number of carbonyl (C=O) groups excluding carboxylic acids is 1. The molecular weight excluding hydrogens is 266 g/mol. The lowest BCUT2D eigenvalue weighted by Gasteiger charge is -2.08. The third kappa shape index (κ3) is 3.25. The standard InChI is InChI=1S/C16H17N3O2/c1-4-10-17-15(13-8-6-5-7-9-13)19-12(2)11-14(18-19)16(20)21-3/h4-9,11H,1,10H2,2-3H3. The zero-order valence-corrected chi connectivity index (χ0v) is 12.1. The van der Waals surface area contributed by atoms with Gasteiger partial charge in [0, 0.05) is 11.3 Å². The van der Waals surface area contributed by atoms with E-state index >= 15 is 0 Å². The Morgan fingerprint density at radius 2 is 2.14 bits per heavy atom. The van der Waals surface area contributed by atoms with Crippen molar-refractivity contribution in [1.82, 2.24) is 9.78 Å². The molecule has 0 atom stereocenters. The van der Waals surface area contributed by atoms with Crippen LogP contribution in [0.1, 0.15) is 21.7 Å². The van der Waals surface area contributed by atoms with Gasteiger partial charge in [-0.2, -0.15) is 5.10 Å². The number of carbonyl (C=O) groups is 1. The Balaban J connectivity index is 2.50. The molecular formula is C16H17N3O2. The Morgan fingerprint density at radius 1 is 1.43 bits per heavy atom. The van der Waals surface area contributed by atoms with E-state index in [9.17, 15) is 4.79 Å². The summed E-state index contributed by atoms with van der Waals surface area (Å²) >= 11 is 0. The number of hydrogen-bond acceptors (Lipinski definition) is 4. The van der Waals surface area contributed by atoms with Gasteiger partial charge in [0.25, 0.3) is 0 Å². The molecule has 5 heteroatoms. The number of methoxy groups -OCH3 is 1.